The highest BCUT2D eigenvalue weighted by molar-refractivity contribution is 5.90. The largest absolute Gasteiger partial charge is 0.496 e. The summed E-state index contributed by atoms with van der Waals surface area (Å²) in [6.45, 7) is 3.14. The fraction of sp³-hybridized carbons (Fsp3) is 0.478. The lowest BCUT2D eigenvalue weighted by molar-refractivity contribution is -0.151. The van der Waals surface area contributed by atoms with Gasteiger partial charge in [-0.1, -0.05) is 18.2 Å². The second kappa shape index (κ2) is 11.3. The zero-order chi connectivity index (χ0) is 22.9. The lowest BCUT2D eigenvalue weighted by Gasteiger charge is -2.31. The fourth-order valence-corrected chi connectivity index (χ4v) is 3.79. The monoisotopic (exact) mass is 442 g/mol. The Morgan fingerprint density at radius 2 is 2.06 bits per heavy atom. The molecule has 1 fully saturated rings. The molecular formula is C23H30N4O5. The van der Waals surface area contributed by atoms with Crippen molar-refractivity contribution in [2.75, 3.05) is 32.1 Å². The van der Waals surface area contributed by atoms with Crippen molar-refractivity contribution in [1.29, 1.82) is 0 Å². The Kier molecular flexibility index (Phi) is 8.24. The maximum Gasteiger partial charge on any atom is 0.310 e. The lowest BCUT2D eigenvalue weighted by Crippen LogP contribution is -2.44. The number of esters is 1. The van der Waals surface area contributed by atoms with Crippen LogP contribution in [0.2, 0.25) is 0 Å². The summed E-state index contributed by atoms with van der Waals surface area (Å²) < 4.78 is 11.9. The normalized spacial score (nSPS) is 15.8. The SMILES string of the molecule is CCOC(=O)C1CCCN(C(=O)Cn2cc(NC(=O)CCc3ccccc3OC)cn2)C1. The summed E-state index contributed by atoms with van der Waals surface area (Å²) in [5.41, 5.74) is 1.50. The van der Waals surface area contributed by atoms with Crippen molar-refractivity contribution in [3.05, 3.63) is 42.2 Å². The summed E-state index contributed by atoms with van der Waals surface area (Å²) in [5.74, 6) is -0.0219. The van der Waals surface area contributed by atoms with Gasteiger partial charge in [0.2, 0.25) is 11.8 Å². The summed E-state index contributed by atoms with van der Waals surface area (Å²) in [7, 11) is 1.61. The van der Waals surface area contributed by atoms with E-state index < -0.39 is 0 Å². The van der Waals surface area contributed by atoms with Crippen LogP contribution in [0, 0.1) is 5.92 Å². The van der Waals surface area contributed by atoms with E-state index in [-0.39, 0.29) is 30.2 Å². The Morgan fingerprint density at radius 3 is 2.84 bits per heavy atom. The number of aromatic nitrogens is 2. The topological polar surface area (TPSA) is 103 Å². The minimum Gasteiger partial charge on any atom is -0.496 e. The molecule has 1 atom stereocenters. The molecule has 1 aliphatic rings. The average Bonchev–Trinajstić information content (AvgIpc) is 3.24. The fourth-order valence-electron chi connectivity index (χ4n) is 3.79. The quantitative estimate of drug-likeness (QED) is 0.598. The van der Waals surface area contributed by atoms with Crippen molar-refractivity contribution in [1.82, 2.24) is 14.7 Å². The Bertz CT molecular complexity index is 942. The molecule has 1 aromatic heterocycles. The molecule has 2 amide bonds. The third-order valence-corrected chi connectivity index (χ3v) is 5.42. The van der Waals surface area contributed by atoms with Crippen molar-refractivity contribution in [2.24, 2.45) is 5.92 Å². The molecule has 0 bridgehead atoms. The lowest BCUT2D eigenvalue weighted by atomic mass is 9.98. The van der Waals surface area contributed by atoms with Crippen LogP contribution < -0.4 is 10.1 Å². The molecule has 1 N–H and O–H groups in total. The van der Waals surface area contributed by atoms with Gasteiger partial charge in [-0.15, -0.1) is 0 Å². The predicted octanol–water partition coefficient (Wildman–Crippen LogP) is 2.26. The summed E-state index contributed by atoms with van der Waals surface area (Å²) in [6.07, 6.45) is 5.50. The number of piperidine rings is 1. The number of carbonyl (C=O) groups excluding carboxylic acids is 3. The molecular weight excluding hydrogens is 412 g/mol. The zero-order valence-corrected chi connectivity index (χ0v) is 18.6. The number of methoxy groups -OCH3 is 1. The molecule has 0 aliphatic carbocycles. The highest BCUT2D eigenvalue weighted by Crippen LogP contribution is 2.20. The van der Waals surface area contributed by atoms with Crippen LogP contribution >= 0.6 is 0 Å². The number of ether oxygens (including phenoxy) is 2. The van der Waals surface area contributed by atoms with Gasteiger partial charge in [0.1, 0.15) is 12.3 Å². The second-order valence-electron chi connectivity index (χ2n) is 7.72. The van der Waals surface area contributed by atoms with E-state index in [4.69, 9.17) is 9.47 Å². The number of nitrogens with one attached hydrogen (secondary N) is 1. The van der Waals surface area contributed by atoms with Gasteiger partial charge in [-0.25, -0.2) is 0 Å². The zero-order valence-electron chi connectivity index (χ0n) is 18.6. The van der Waals surface area contributed by atoms with Gasteiger partial charge in [-0.05, 0) is 37.8 Å². The molecule has 2 heterocycles. The van der Waals surface area contributed by atoms with E-state index in [0.717, 1.165) is 24.2 Å². The highest BCUT2D eigenvalue weighted by atomic mass is 16.5. The first kappa shape index (κ1) is 23.3. The van der Waals surface area contributed by atoms with Crippen LogP contribution in [0.15, 0.2) is 36.7 Å². The molecule has 1 aromatic carbocycles. The van der Waals surface area contributed by atoms with Crippen LogP contribution in [0.5, 0.6) is 5.75 Å². The van der Waals surface area contributed by atoms with Gasteiger partial charge < -0.3 is 19.7 Å². The van der Waals surface area contributed by atoms with E-state index in [1.54, 1.807) is 25.1 Å². The van der Waals surface area contributed by atoms with Gasteiger partial charge in [-0.3, -0.25) is 19.1 Å². The predicted molar refractivity (Wildman–Crippen MR) is 118 cm³/mol. The summed E-state index contributed by atoms with van der Waals surface area (Å²) in [4.78, 5) is 38.6. The Hall–Kier alpha value is -3.36. The number of para-hydroxylation sites is 1. The van der Waals surface area contributed by atoms with Gasteiger partial charge in [-0.2, -0.15) is 5.10 Å². The first-order valence-corrected chi connectivity index (χ1v) is 10.9. The first-order valence-electron chi connectivity index (χ1n) is 10.9. The number of hydrogen-bond donors (Lipinski definition) is 1. The number of hydrogen-bond acceptors (Lipinski definition) is 6. The van der Waals surface area contributed by atoms with Crippen LogP contribution in [-0.4, -0.2) is 59.3 Å². The molecule has 32 heavy (non-hydrogen) atoms. The molecule has 9 heteroatoms. The van der Waals surface area contributed by atoms with Crippen molar-refractivity contribution in [3.8, 4) is 5.75 Å². The van der Waals surface area contributed by atoms with Crippen molar-refractivity contribution in [3.63, 3.8) is 0 Å². The van der Waals surface area contributed by atoms with Crippen LogP contribution in [-0.2, 0) is 32.1 Å². The number of nitrogens with zero attached hydrogens (tertiary/aromatic N) is 3. The number of benzene rings is 1. The Balaban J connectivity index is 1.48. The van der Waals surface area contributed by atoms with Gasteiger partial charge >= 0.3 is 5.97 Å². The van der Waals surface area contributed by atoms with E-state index in [0.29, 0.717) is 38.2 Å². The average molecular weight is 443 g/mol. The Morgan fingerprint density at radius 1 is 1.25 bits per heavy atom. The molecule has 9 nitrogen and oxygen atoms in total. The third-order valence-electron chi connectivity index (χ3n) is 5.42. The van der Waals surface area contributed by atoms with E-state index >= 15 is 0 Å². The van der Waals surface area contributed by atoms with Crippen LogP contribution in [0.25, 0.3) is 0 Å². The van der Waals surface area contributed by atoms with Gasteiger partial charge in [0.15, 0.2) is 0 Å². The number of rotatable bonds is 9. The number of anilines is 1. The van der Waals surface area contributed by atoms with Crippen LogP contribution in [0.1, 0.15) is 31.7 Å². The van der Waals surface area contributed by atoms with Crippen LogP contribution in [0.3, 0.4) is 0 Å². The smallest absolute Gasteiger partial charge is 0.310 e. The molecule has 3 rings (SSSR count). The van der Waals surface area contributed by atoms with Crippen molar-refractivity contribution in [2.45, 2.75) is 39.2 Å². The van der Waals surface area contributed by atoms with Gasteiger partial charge in [0.25, 0.3) is 0 Å². The standard InChI is InChI=1S/C23H30N4O5/c1-3-32-23(30)18-8-6-12-26(14-18)22(29)16-27-15-19(13-24-27)25-21(28)11-10-17-7-4-5-9-20(17)31-2/h4-5,7,9,13,15,18H,3,6,8,10-12,14,16H2,1-2H3,(H,25,28). The number of carbonyl (C=O) groups is 3. The number of amides is 2. The number of likely N-dealkylation sites (tertiary alicyclic amines) is 1. The van der Waals surface area contributed by atoms with E-state index in [1.165, 1.54) is 10.9 Å². The molecule has 1 unspecified atom stereocenters. The summed E-state index contributed by atoms with van der Waals surface area (Å²) in [6, 6.07) is 7.60. The first-order chi connectivity index (χ1) is 15.5. The summed E-state index contributed by atoms with van der Waals surface area (Å²) in [5, 5.41) is 6.99. The maximum absolute atomic E-state index is 12.7. The minimum absolute atomic E-state index is 0.0482. The van der Waals surface area contributed by atoms with E-state index in [9.17, 15) is 14.4 Å². The van der Waals surface area contributed by atoms with E-state index in [1.807, 2.05) is 24.3 Å². The van der Waals surface area contributed by atoms with Crippen LogP contribution in [0.4, 0.5) is 5.69 Å². The molecule has 0 spiro atoms. The van der Waals surface area contributed by atoms with Crippen molar-refractivity contribution >= 4 is 23.5 Å². The Labute approximate surface area is 187 Å². The van der Waals surface area contributed by atoms with Gasteiger partial charge in [0, 0.05) is 25.7 Å². The van der Waals surface area contributed by atoms with E-state index in [2.05, 4.69) is 10.4 Å². The minimum atomic E-state index is -0.275. The molecule has 172 valence electrons. The molecule has 1 aliphatic heterocycles. The maximum atomic E-state index is 12.7. The van der Waals surface area contributed by atoms with Gasteiger partial charge in [0.05, 0.1) is 31.5 Å². The summed E-state index contributed by atoms with van der Waals surface area (Å²) >= 11 is 0. The molecule has 2 aromatic rings. The van der Waals surface area contributed by atoms with Crippen molar-refractivity contribution < 1.29 is 23.9 Å². The number of aryl methyl sites for hydroxylation is 1. The third kappa shape index (κ3) is 6.32. The molecule has 1 saturated heterocycles. The molecule has 0 radical (unpaired) electrons. The highest BCUT2D eigenvalue weighted by Gasteiger charge is 2.29. The molecule has 0 saturated carbocycles. The second-order valence-corrected chi connectivity index (χ2v) is 7.72.